The molecule has 0 unspecified atom stereocenters. The quantitative estimate of drug-likeness (QED) is 0.696. The van der Waals surface area contributed by atoms with Gasteiger partial charge in [-0.3, -0.25) is 9.59 Å². The van der Waals surface area contributed by atoms with E-state index < -0.39 is 41.7 Å². The number of quaternary nitrogens is 1. The normalized spacial score (nSPS) is 27.1. The van der Waals surface area contributed by atoms with Crippen LogP contribution in [0.15, 0.2) is 48.5 Å². The van der Waals surface area contributed by atoms with E-state index in [0.29, 0.717) is 16.3 Å². The van der Waals surface area contributed by atoms with Crippen molar-refractivity contribution in [3.8, 4) is 5.75 Å². The number of para-hydroxylation sites is 1. The summed E-state index contributed by atoms with van der Waals surface area (Å²) in [6.07, 6.45) is 0. The Bertz CT molecular complexity index is 945. The third-order valence-electron chi connectivity index (χ3n) is 5.24. The van der Waals surface area contributed by atoms with Gasteiger partial charge in [-0.15, -0.1) is 0 Å². The Hall–Kier alpha value is -2.90. The van der Waals surface area contributed by atoms with Gasteiger partial charge in [-0.2, -0.15) is 0 Å². The lowest BCUT2D eigenvalue weighted by Gasteiger charge is -2.21. The van der Waals surface area contributed by atoms with Crippen molar-refractivity contribution in [1.29, 1.82) is 0 Å². The third kappa shape index (κ3) is 2.67. The van der Waals surface area contributed by atoms with Crippen molar-refractivity contribution in [2.45, 2.75) is 12.1 Å². The highest BCUT2D eigenvalue weighted by Gasteiger charge is 2.63. The van der Waals surface area contributed by atoms with Crippen LogP contribution in [0.3, 0.4) is 0 Å². The zero-order chi connectivity index (χ0) is 19.3. The molecule has 0 aliphatic carbocycles. The first-order valence-electron chi connectivity index (χ1n) is 8.37. The number of rotatable bonds is 3. The van der Waals surface area contributed by atoms with Gasteiger partial charge in [-0.25, -0.2) is 4.90 Å². The van der Waals surface area contributed by atoms with E-state index in [0.717, 1.165) is 4.90 Å². The Morgan fingerprint density at radius 1 is 1.04 bits per heavy atom. The molecule has 138 valence electrons. The number of nitrogens with zero attached hydrogens (tertiary/aromatic N) is 1. The number of phenolic OH excluding ortho intramolecular Hbond substituents is 1. The summed E-state index contributed by atoms with van der Waals surface area (Å²) in [6.45, 7) is 0. The van der Waals surface area contributed by atoms with E-state index in [4.69, 9.17) is 11.6 Å². The average molecular weight is 387 g/mol. The molecule has 0 radical (unpaired) electrons. The molecule has 0 saturated carbocycles. The maximum absolute atomic E-state index is 13.1. The molecular formula is C19H15ClN2O5. The number of phenols is 1. The van der Waals surface area contributed by atoms with Crippen molar-refractivity contribution >= 4 is 35.1 Å². The van der Waals surface area contributed by atoms with Gasteiger partial charge in [0.1, 0.15) is 35.6 Å². The molecule has 2 aliphatic rings. The number of aromatic hydroxyl groups is 1. The third-order valence-corrected chi connectivity index (χ3v) is 5.49. The molecule has 0 bridgehead atoms. The van der Waals surface area contributed by atoms with Gasteiger partial charge in [0.15, 0.2) is 0 Å². The predicted octanol–water partition coefficient (Wildman–Crippen LogP) is -0.412. The Kier molecular flexibility index (Phi) is 4.13. The maximum atomic E-state index is 13.1. The number of aliphatic carboxylic acids is 1. The molecule has 2 fully saturated rings. The van der Waals surface area contributed by atoms with Gasteiger partial charge in [-0.05, 0) is 36.4 Å². The number of hydrogen-bond donors (Lipinski definition) is 2. The number of nitrogens with two attached hydrogens (primary N) is 1. The Morgan fingerprint density at radius 2 is 1.67 bits per heavy atom. The summed E-state index contributed by atoms with van der Waals surface area (Å²) in [5.41, 5.74) is 0.743. The first kappa shape index (κ1) is 17.5. The van der Waals surface area contributed by atoms with Crippen LogP contribution in [-0.2, 0) is 14.4 Å². The van der Waals surface area contributed by atoms with Crippen LogP contribution in [0.5, 0.6) is 5.75 Å². The van der Waals surface area contributed by atoms with Crippen molar-refractivity contribution in [2.75, 3.05) is 4.90 Å². The van der Waals surface area contributed by atoms with Crippen molar-refractivity contribution in [2.24, 2.45) is 11.8 Å². The number of halogens is 1. The van der Waals surface area contributed by atoms with Crippen LogP contribution in [0.4, 0.5) is 5.69 Å². The number of carbonyl (C=O) groups excluding carboxylic acids is 3. The SMILES string of the molecule is O=C([O-])[C@@H]1[NH2+][C@H](c2ccccc2O)[C@H]2C(=O)N(c3ccc(Cl)cc3)C(=O)[C@@H]21. The lowest BCUT2D eigenvalue weighted by atomic mass is 9.86. The summed E-state index contributed by atoms with van der Waals surface area (Å²) in [5, 5.41) is 23.7. The number of hydrogen-bond acceptors (Lipinski definition) is 5. The smallest absolute Gasteiger partial charge is 0.244 e. The van der Waals surface area contributed by atoms with E-state index in [1.807, 2.05) is 0 Å². The van der Waals surface area contributed by atoms with E-state index in [1.165, 1.54) is 23.5 Å². The van der Waals surface area contributed by atoms with Crippen molar-refractivity contribution in [3.05, 3.63) is 59.1 Å². The number of carbonyl (C=O) groups is 3. The summed E-state index contributed by atoms with van der Waals surface area (Å²) in [5.74, 6) is -4.54. The molecule has 2 heterocycles. The van der Waals surface area contributed by atoms with E-state index >= 15 is 0 Å². The van der Waals surface area contributed by atoms with Gasteiger partial charge in [-0.1, -0.05) is 23.7 Å². The van der Waals surface area contributed by atoms with Crippen LogP contribution in [0.25, 0.3) is 0 Å². The molecule has 8 heteroatoms. The molecule has 4 atom stereocenters. The largest absolute Gasteiger partial charge is 0.544 e. The molecular weight excluding hydrogens is 372 g/mol. The lowest BCUT2D eigenvalue weighted by Crippen LogP contribution is -2.92. The molecule has 2 aromatic rings. The molecule has 2 amide bonds. The van der Waals surface area contributed by atoms with Gasteiger partial charge < -0.3 is 20.3 Å². The van der Waals surface area contributed by atoms with Gasteiger partial charge >= 0.3 is 0 Å². The van der Waals surface area contributed by atoms with E-state index in [2.05, 4.69) is 0 Å². The second-order valence-corrected chi connectivity index (χ2v) is 7.10. The summed E-state index contributed by atoms with van der Waals surface area (Å²) >= 11 is 5.87. The number of anilines is 1. The van der Waals surface area contributed by atoms with Crippen LogP contribution in [0.1, 0.15) is 11.6 Å². The average Bonchev–Trinajstić information content (AvgIpc) is 3.14. The number of carboxylic acid groups (broad SMARTS) is 1. The lowest BCUT2D eigenvalue weighted by molar-refractivity contribution is -0.705. The molecule has 7 nitrogen and oxygen atoms in total. The standard InChI is InChI=1S/C19H15ClN2O5/c20-9-5-7-10(8-6-9)22-17(24)13-14(18(22)25)16(19(26)27)21-15(13)11-3-1-2-4-12(11)23/h1-8,13-16,21,23H,(H,26,27)/t13-,14-,15+,16+/m0/s1. The zero-order valence-electron chi connectivity index (χ0n) is 13.9. The fourth-order valence-electron chi connectivity index (χ4n) is 4.07. The molecule has 0 aromatic heterocycles. The Balaban J connectivity index is 1.79. The first-order chi connectivity index (χ1) is 12.9. The number of benzene rings is 2. The van der Waals surface area contributed by atoms with Crippen LogP contribution < -0.4 is 15.3 Å². The molecule has 4 rings (SSSR count). The second kappa shape index (κ2) is 6.37. The number of amides is 2. The fraction of sp³-hybridized carbons (Fsp3) is 0.211. The molecule has 2 aromatic carbocycles. The van der Waals surface area contributed by atoms with Gasteiger partial charge in [0.2, 0.25) is 11.8 Å². The van der Waals surface area contributed by atoms with Crippen LogP contribution >= 0.6 is 11.6 Å². The first-order valence-corrected chi connectivity index (χ1v) is 8.75. The van der Waals surface area contributed by atoms with Crippen molar-refractivity contribution in [1.82, 2.24) is 0 Å². The minimum atomic E-state index is -1.41. The molecule has 27 heavy (non-hydrogen) atoms. The number of carboxylic acids is 1. The molecule has 0 spiro atoms. The van der Waals surface area contributed by atoms with Crippen LogP contribution in [-0.4, -0.2) is 28.9 Å². The van der Waals surface area contributed by atoms with Gasteiger partial charge in [0, 0.05) is 5.02 Å². The van der Waals surface area contributed by atoms with Crippen LogP contribution in [0.2, 0.25) is 5.02 Å². The van der Waals surface area contributed by atoms with E-state index in [1.54, 1.807) is 30.3 Å². The van der Waals surface area contributed by atoms with E-state index in [-0.39, 0.29) is 5.75 Å². The Morgan fingerprint density at radius 3 is 2.30 bits per heavy atom. The number of imide groups is 1. The monoisotopic (exact) mass is 386 g/mol. The fourth-order valence-corrected chi connectivity index (χ4v) is 4.19. The van der Waals surface area contributed by atoms with E-state index in [9.17, 15) is 24.6 Å². The highest BCUT2D eigenvalue weighted by molar-refractivity contribution is 6.31. The number of fused-ring (bicyclic) bond motifs is 1. The van der Waals surface area contributed by atoms with Crippen molar-refractivity contribution in [3.63, 3.8) is 0 Å². The highest BCUT2D eigenvalue weighted by atomic mass is 35.5. The summed E-state index contributed by atoms with van der Waals surface area (Å²) in [6, 6.07) is 10.6. The zero-order valence-corrected chi connectivity index (χ0v) is 14.7. The van der Waals surface area contributed by atoms with Gasteiger partial charge in [0.25, 0.3) is 0 Å². The molecule has 2 aliphatic heterocycles. The maximum Gasteiger partial charge on any atom is 0.244 e. The predicted molar refractivity (Wildman–Crippen MR) is 92.5 cm³/mol. The molecule has 2 saturated heterocycles. The summed E-state index contributed by atoms with van der Waals surface area (Å²) in [4.78, 5) is 38.7. The molecule has 3 N–H and O–H groups in total. The Labute approximate surface area is 159 Å². The second-order valence-electron chi connectivity index (χ2n) is 6.66. The minimum Gasteiger partial charge on any atom is -0.544 e. The van der Waals surface area contributed by atoms with Crippen LogP contribution in [0, 0.1) is 11.8 Å². The topological polar surface area (TPSA) is 114 Å². The summed E-state index contributed by atoms with van der Waals surface area (Å²) < 4.78 is 0. The van der Waals surface area contributed by atoms with Gasteiger partial charge in [0.05, 0.1) is 11.3 Å². The summed E-state index contributed by atoms with van der Waals surface area (Å²) in [7, 11) is 0. The highest BCUT2D eigenvalue weighted by Crippen LogP contribution is 2.43. The minimum absolute atomic E-state index is 0.0540. The van der Waals surface area contributed by atoms with Crippen molar-refractivity contribution < 1.29 is 29.9 Å².